The van der Waals surface area contributed by atoms with Gasteiger partial charge in [-0.15, -0.1) is 12.4 Å². The van der Waals surface area contributed by atoms with Gasteiger partial charge in [0.15, 0.2) is 0 Å². The molecule has 0 fully saturated rings. The molecule has 0 aliphatic rings. The molecule has 19 heavy (non-hydrogen) atoms. The number of halogens is 1. The van der Waals surface area contributed by atoms with E-state index in [1.165, 1.54) is 0 Å². The molecule has 0 spiro atoms. The number of hydrogen-bond acceptors (Lipinski definition) is 3. The normalized spacial score (nSPS) is 11.9. The zero-order valence-corrected chi connectivity index (χ0v) is 11.5. The van der Waals surface area contributed by atoms with Crippen LogP contribution in [0.1, 0.15) is 6.42 Å². The predicted molar refractivity (Wildman–Crippen MR) is 78.6 cm³/mol. The molecule has 1 atom stereocenters. The summed E-state index contributed by atoms with van der Waals surface area (Å²) < 4.78 is 5.09. The van der Waals surface area contributed by atoms with E-state index in [1.54, 1.807) is 7.11 Å². The topological polar surface area (TPSA) is 80.1 Å². The fourth-order valence-corrected chi connectivity index (χ4v) is 1.87. The van der Waals surface area contributed by atoms with Crippen LogP contribution in [0.5, 0.6) is 0 Å². The van der Waals surface area contributed by atoms with Crippen LogP contribution in [0.4, 0.5) is 5.69 Å². The molecule has 0 aliphatic carbocycles. The summed E-state index contributed by atoms with van der Waals surface area (Å²) in [5, 5.41) is 3.87. The highest BCUT2D eigenvalue weighted by Gasteiger charge is 2.12. The Bertz CT molecular complexity index is 537. The highest BCUT2D eigenvalue weighted by molar-refractivity contribution is 6.01. The molecule has 6 heteroatoms. The quantitative estimate of drug-likeness (QED) is 0.784. The van der Waals surface area contributed by atoms with Crippen LogP contribution in [0, 0.1) is 0 Å². The number of carbonyl (C=O) groups is 1. The number of aromatic amines is 1. The lowest BCUT2D eigenvalue weighted by Gasteiger charge is -2.13. The number of carbonyl (C=O) groups excluding carboxylic acids is 1. The number of nitrogens with one attached hydrogen (secondary N) is 2. The first-order chi connectivity index (χ1) is 8.74. The Morgan fingerprint density at radius 3 is 2.95 bits per heavy atom. The molecule has 0 saturated carbocycles. The van der Waals surface area contributed by atoms with E-state index in [-0.39, 0.29) is 30.8 Å². The van der Waals surface area contributed by atoms with Crippen molar-refractivity contribution < 1.29 is 9.53 Å². The Morgan fingerprint density at radius 2 is 2.26 bits per heavy atom. The Balaban J connectivity index is 0.00000180. The van der Waals surface area contributed by atoms with Gasteiger partial charge in [0.05, 0.1) is 18.2 Å². The van der Waals surface area contributed by atoms with E-state index in [9.17, 15) is 4.79 Å². The molecule has 1 amide bonds. The molecule has 0 aliphatic heterocycles. The van der Waals surface area contributed by atoms with Crippen LogP contribution >= 0.6 is 12.4 Å². The van der Waals surface area contributed by atoms with E-state index in [0.717, 1.165) is 16.6 Å². The van der Waals surface area contributed by atoms with Crippen molar-refractivity contribution in [1.82, 2.24) is 4.98 Å². The van der Waals surface area contributed by atoms with Crippen molar-refractivity contribution in [2.24, 2.45) is 5.73 Å². The van der Waals surface area contributed by atoms with Gasteiger partial charge in [0.1, 0.15) is 0 Å². The lowest BCUT2D eigenvalue weighted by molar-refractivity contribution is -0.118. The molecule has 1 unspecified atom stereocenters. The van der Waals surface area contributed by atoms with Crippen molar-refractivity contribution in [3.8, 4) is 0 Å². The average molecular weight is 284 g/mol. The molecule has 4 N–H and O–H groups in total. The third-order valence-electron chi connectivity index (χ3n) is 2.88. The van der Waals surface area contributed by atoms with Gasteiger partial charge in [-0.05, 0) is 18.2 Å². The third-order valence-corrected chi connectivity index (χ3v) is 2.88. The number of hydrogen-bond donors (Lipinski definition) is 3. The van der Waals surface area contributed by atoms with Gasteiger partial charge in [0.25, 0.3) is 0 Å². The molecule has 0 saturated heterocycles. The van der Waals surface area contributed by atoms with E-state index >= 15 is 0 Å². The smallest absolute Gasteiger partial charge is 0.227 e. The highest BCUT2D eigenvalue weighted by atomic mass is 35.5. The van der Waals surface area contributed by atoms with Gasteiger partial charge >= 0.3 is 0 Å². The molecular weight excluding hydrogens is 266 g/mol. The summed E-state index contributed by atoms with van der Waals surface area (Å²) in [5.41, 5.74) is 7.28. The largest absolute Gasteiger partial charge is 0.380 e. The van der Waals surface area contributed by atoms with Crippen LogP contribution in [0.3, 0.4) is 0 Å². The lowest BCUT2D eigenvalue weighted by atomic mass is 10.2. The molecule has 2 rings (SSSR count). The highest BCUT2D eigenvalue weighted by Crippen LogP contribution is 2.22. The summed E-state index contributed by atoms with van der Waals surface area (Å²) in [6.07, 6.45) is 1.86. The van der Waals surface area contributed by atoms with E-state index < -0.39 is 0 Å². The van der Waals surface area contributed by atoms with E-state index in [2.05, 4.69) is 10.3 Å². The maximum Gasteiger partial charge on any atom is 0.227 e. The van der Waals surface area contributed by atoms with Gasteiger partial charge in [0.2, 0.25) is 5.91 Å². The van der Waals surface area contributed by atoms with Crippen LogP contribution in [-0.2, 0) is 9.53 Å². The maximum absolute atomic E-state index is 11.8. The van der Waals surface area contributed by atoms with E-state index in [4.69, 9.17) is 10.5 Å². The van der Waals surface area contributed by atoms with Crippen LogP contribution < -0.4 is 11.1 Å². The number of H-pyrrole nitrogens is 1. The summed E-state index contributed by atoms with van der Waals surface area (Å²) >= 11 is 0. The second-order valence-corrected chi connectivity index (χ2v) is 4.09. The number of fused-ring (bicyclic) bond motifs is 1. The van der Waals surface area contributed by atoms with Crippen LogP contribution in [0.15, 0.2) is 30.5 Å². The minimum Gasteiger partial charge on any atom is -0.380 e. The summed E-state index contributed by atoms with van der Waals surface area (Å²) in [6.45, 7) is 0.332. The minimum atomic E-state index is -0.240. The Kier molecular flexibility index (Phi) is 5.82. The number of ether oxygens (including phenoxy) is 1. The van der Waals surface area contributed by atoms with Gasteiger partial charge in [-0.25, -0.2) is 0 Å². The van der Waals surface area contributed by atoms with Crippen LogP contribution in [-0.4, -0.2) is 30.6 Å². The van der Waals surface area contributed by atoms with Crippen LogP contribution in [0.25, 0.3) is 10.9 Å². The van der Waals surface area contributed by atoms with Crippen molar-refractivity contribution >= 4 is 34.9 Å². The molecule has 0 radical (unpaired) electrons. The molecule has 0 bridgehead atoms. The standard InChI is InChI=1S/C13H17N3O2.ClH/c1-18-9(8-14)7-13(17)16-12-4-2-3-11-10(12)5-6-15-11;/h2-6,9,15H,7-8,14H2,1H3,(H,16,17);1H. The first-order valence-corrected chi connectivity index (χ1v) is 5.83. The zero-order chi connectivity index (χ0) is 13.0. The zero-order valence-electron chi connectivity index (χ0n) is 10.7. The van der Waals surface area contributed by atoms with Crippen molar-refractivity contribution in [1.29, 1.82) is 0 Å². The van der Waals surface area contributed by atoms with Gasteiger partial charge in [-0.2, -0.15) is 0 Å². The average Bonchev–Trinajstić information content (AvgIpc) is 2.85. The first kappa shape index (κ1) is 15.5. The molecule has 1 heterocycles. The van der Waals surface area contributed by atoms with E-state index in [1.807, 2.05) is 30.5 Å². The Labute approximate surface area is 117 Å². The minimum absolute atomic E-state index is 0. The van der Waals surface area contributed by atoms with Gasteiger partial charge < -0.3 is 20.8 Å². The summed E-state index contributed by atoms with van der Waals surface area (Å²) in [6, 6.07) is 7.66. The number of anilines is 1. The summed E-state index contributed by atoms with van der Waals surface area (Å²) in [7, 11) is 1.55. The summed E-state index contributed by atoms with van der Waals surface area (Å²) in [4.78, 5) is 14.9. The predicted octanol–water partition coefficient (Wildman–Crippen LogP) is 1.89. The third kappa shape index (κ3) is 3.70. The van der Waals surface area contributed by atoms with Crippen molar-refractivity contribution in [3.63, 3.8) is 0 Å². The number of rotatable bonds is 5. The maximum atomic E-state index is 11.8. The van der Waals surface area contributed by atoms with Gasteiger partial charge in [-0.1, -0.05) is 6.07 Å². The number of benzene rings is 1. The molecule has 5 nitrogen and oxygen atoms in total. The molecule has 104 valence electrons. The fourth-order valence-electron chi connectivity index (χ4n) is 1.87. The van der Waals surface area contributed by atoms with Gasteiger partial charge in [-0.3, -0.25) is 4.79 Å². The second kappa shape index (κ2) is 7.13. The van der Waals surface area contributed by atoms with E-state index in [0.29, 0.717) is 6.54 Å². The second-order valence-electron chi connectivity index (χ2n) is 4.09. The number of amides is 1. The van der Waals surface area contributed by atoms with Gasteiger partial charge in [0, 0.05) is 30.8 Å². The monoisotopic (exact) mass is 283 g/mol. The van der Waals surface area contributed by atoms with Crippen LogP contribution in [0.2, 0.25) is 0 Å². The molecular formula is C13H18ClN3O2. The van der Waals surface area contributed by atoms with Crippen molar-refractivity contribution in [2.75, 3.05) is 19.0 Å². The Hall–Kier alpha value is -1.56. The first-order valence-electron chi connectivity index (χ1n) is 5.83. The SMILES string of the molecule is COC(CN)CC(=O)Nc1cccc2[nH]ccc12.Cl. The Morgan fingerprint density at radius 1 is 1.47 bits per heavy atom. The summed E-state index contributed by atoms with van der Waals surface area (Å²) in [5.74, 6) is -0.0963. The molecule has 2 aromatic rings. The molecule has 1 aromatic heterocycles. The lowest BCUT2D eigenvalue weighted by Crippen LogP contribution is -2.28. The van der Waals surface area contributed by atoms with Crippen molar-refractivity contribution in [2.45, 2.75) is 12.5 Å². The number of methoxy groups -OCH3 is 1. The number of aromatic nitrogens is 1. The molecule has 1 aromatic carbocycles. The van der Waals surface area contributed by atoms with Crippen molar-refractivity contribution in [3.05, 3.63) is 30.5 Å². The number of nitrogens with two attached hydrogens (primary N) is 1. The fraction of sp³-hybridized carbons (Fsp3) is 0.308.